The molecule has 0 unspecified atom stereocenters. The van der Waals surface area contributed by atoms with Crippen molar-refractivity contribution in [3.05, 3.63) is 54.1 Å². The van der Waals surface area contributed by atoms with Crippen LogP contribution in [0.2, 0.25) is 0 Å². The molecule has 1 fully saturated rings. The molecule has 0 bridgehead atoms. The van der Waals surface area contributed by atoms with Crippen molar-refractivity contribution < 1.29 is 0 Å². The number of hydrogen-bond donors (Lipinski definition) is 2. The van der Waals surface area contributed by atoms with E-state index >= 15 is 0 Å². The zero-order valence-electron chi connectivity index (χ0n) is 15.5. The van der Waals surface area contributed by atoms with Gasteiger partial charge in [-0.1, -0.05) is 43.5 Å². The summed E-state index contributed by atoms with van der Waals surface area (Å²) >= 11 is 0. The summed E-state index contributed by atoms with van der Waals surface area (Å²) in [5.74, 6) is 0.942. The average molecular weight is 467 g/mol. The second-order valence-electron chi connectivity index (χ2n) is 6.73. The van der Waals surface area contributed by atoms with Gasteiger partial charge in [0.25, 0.3) is 0 Å². The number of nitrogens with zero attached hydrogens (tertiary/aromatic N) is 3. The van der Waals surface area contributed by atoms with Crippen LogP contribution >= 0.6 is 24.0 Å². The van der Waals surface area contributed by atoms with E-state index < -0.39 is 0 Å². The maximum Gasteiger partial charge on any atom is 0.191 e. The Hall–Kier alpha value is -1.57. The summed E-state index contributed by atoms with van der Waals surface area (Å²) in [6.07, 6.45) is 12.2. The molecule has 1 aromatic heterocycles. The lowest BCUT2D eigenvalue weighted by Crippen LogP contribution is -2.44. The monoisotopic (exact) mass is 467 g/mol. The minimum absolute atomic E-state index is 0. The Kier molecular flexibility index (Phi) is 8.94. The number of imidazole rings is 1. The third-order valence-electron chi connectivity index (χ3n) is 4.66. The number of nitrogens with one attached hydrogen (secondary N) is 2. The normalized spacial score (nSPS) is 15.3. The zero-order valence-corrected chi connectivity index (χ0v) is 17.9. The summed E-state index contributed by atoms with van der Waals surface area (Å²) in [6.45, 7) is 4.56. The molecule has 0 amide bonds. The number of aliphatic imine (C=N–C) groups is 1. The number of benzene rings is 1. The smallest absolute Gasteiger partial charge is 0.191 e. The van der Waals surface area contributed by atoms with E-state index in [1.54, 1.807) is 0 Å². The van der Waals surface area contributed by atoms with Crippen molar-refractivity contribution in [1.29, 1.82) is 0 Å². The highest BCUT2D eigenvalue weighted by molar-refractivity contribution is 14.0. The predicted molar refractivity (Wildman–Crippen MR) is 118 cm³/mol. The van der Waals surface area contributed by atoms with Crippen molar-refractivity contribution in [2.75, 3.05) is 6.54 Å². The summed E-state index contributed by atoms with van der Waals surface area (Å²) in [5.41, 5.74) is 2.51. The Morgan fingerprint density at radius 3 is 2.54 bits per heavy atom. The molecule has 1 saturated carbocycles. The Bertz CT molecular complexity index is 645. The van der Waals surface area contributed by atoms with Gasteiger partial charge in [0, 0.05) is 31.5 Å². The van der Waals surface area contributed by atoms with Gasteiger partial charge >= 0.3 is 0 Å². The first-order chi connectivity index (χ1) is 12.3. The van der Waals surface area contributed by atoms with Gasteiger partial charge < -0.3 is 15.2 Å². The van der Waals surface area contributed by atoms with Crippen LogP contribution in [0.25, 0.3) is 0 Å². The first-order valence-corrected chi connectivity index (χ1v) is 9.42. The molecule has 0 saturated heterocycles. The van der Waals surface area contributed by atoms with Gasteiger partial charge in [0.1, 0.15) is 0 Å². The molecule has 0 aliphatic heterocycles. The molecule has 1 aliphatic rings. The van der Waals surface area contributed by atoms with Gasteiger partial charge in [-0.2, -0.15) is 0 Å². The Morgan fingerprint density at radius 1 is 1.15 bits per heavy atom. The fourth-order valence-corrected chi connectivity index (χ4v) is 3.27. The summed E-state index contributed by atoms with van der Waals surface area (Å²) in [6, 6.07) is 9.25. The molecular formula is C20H30IN5. The maximum atomic E-state index is 4.76. The largest absolute Gasteiger partial charge is 0.357 e. The Morgan fingerprint density at radius 2 is 1.88 bits per heavy atom. The van der Waals surface area contributed by atoms with Crippen LogP contribution < -0.4 is 10.6 Å². The van der Waals surface area contributed by atoms with Crippen molar-refractivity contribution in [2.24, 2.45) is 4.99 Å². The molecule has 0 radical (unpaired) electrons. The van der Waals surface area contributed by atoms with E-state index in [1.807, 2.05) is 18.7 Å². The van der Waals surface area contributed by atoms with Crippen LogP contribution in [0.3, 0.4) is 0 Å². The molecule has 5 nitrogen and oxygen atoms in total. The summed E-state index contributed by atoms with van der Waals surface area (Å²) < 4.78 is 2.07. The molecule has 26 heavy (non-hydrogen) atoms. The zero-order chi connectivity index (χ0) is 17.3. The topological polar surface area (TPSA) is 54.2 Å². The fraction of sp³-hybridized carbons (Fsp3) is 0.500. The summed E-state index contributed by atoms with van der Waals surface area (Å²) in [4.78, 5) is 8.84. The highest BCUT2D eigenvalue weighted by Gasteiger charge is 2.14. The van der Waals surface area contributed by atoms with E-state index in [0.717, 1.165) is 19.0 Å². The third-order valence-corrected chi connectivity index (χ3v) is 4.66. The van der Waals surface area contributed by atoms with E-state index in [9.17, 15) is 0 Å². The molecule has 2 N–H and O–H groups in total. The third kappa shape index (κ3) is 6.63. The number of halogens is 1. The molecule has 1 heterocycles. The van der Waals surface area contributed by atoms with Crippen LogP contribution in [-0.2, 0) is 13.1 Å². The number of rotatable bonds is 6. The van der Waals surface area contributed by atoms with Gasteiger partial charge in [-0.25, -0.2) is 9.98 Å². The maximum absolute atomic E-state index is 4.76. The van der Waals surface area contributed by atoms with E-state index in [1.165, 1.54) is 43.2 Å². The average Bonchev–Trinajstić information content (AvgIpc) is 3.15. The van der Waals surface area contributed by atoms with Gasteiger partial charge in [0.2, 0.25) is 0 Å². The number of guanidine groups is 1. The Labute approximate surface area is 173 Å². The van der Waals surface area contributed by atoms with Crippen molar-refractivity contribution in [2.45, 2.75) is 58.2 Å². The van der Waals surface area contributed by atoms with Gasteiger partial charge in [0.05, 0.1) is 12.9 Å². The van der Waals surface area contributed by atoms with Crippen LogP contribution in [0, 0.1) is 0 Å². The minimum Gasteiger partial charge on any atom is -0.357 e. The first kappa shape index (κ1) is 20.7. The predicted octanol–water partition coefficient (Wildman–Crippen LogP) is 3.94. The molecule has 2 aromatic rings. The van der Waals surface area contributed by atoms with Crippen LogP contribution in [0.1, 0.15) is 50.2 Å². The molecular weight excluding hydrogens is 437 g/mol. The molecule has 3 rings (SSSR count). The van der Waals surface area contributed by atoms with Crippen molar-refractivity contribution >= 4 is 29.9 Å². The van der Waals surface area contributed by atoms with Crippen molar-refractivity contribution in [3.63, 3.8) is 0 Å². The van der Waals surface area contributed by atoms with E-state index in [0.29, 0.717) is 12.6 Å². The summed E-state index contributed by atoms with van der Waals surface area (Å²) in [5, 5.41) is 6.97. The SMILES string of the molecule is CCNC(=NCc1ccc(Cn2ccnc2)cc1)NC1CCCCC1.I. The molecule has 6 heteroatoms. The van der Waals surface area contributed by atoms with Gasteiger partial charge in [0.15, 0.2) is 5.96 Å². The lowest BCUT2D eigenvalue weighted by Gasteiger charge is -2.24. The molecule has 0 spiro atoms. The number of hydrogen-bond acceptors (Lipinski definition) is 2. The van der Waals surface area contributed by atoms with Crippen molar-refractivity contribution in [1.82, 2.24) is 20.2 Å². The first-order valence-electron chi connectivity index (χ1n) is 9.42. The molecule has 1 aliphatic carbocycles. The minimum atomic E-state index is 0. The molecule has 0 atom stereocenters. The van der Waals surface area contributed by atoms with E-state index in [4.69, 9.17) is 4.99 Å². The highest BCUT2D eigenvalue weighted by atomic mass is 127. The second-order valence-corrected chi connectivity index (χ2v) is 6.73. The highest BCUT2D eigenvalue weighted by Crippen LogP contribution is 2.17. The van der Waals surface area contributed by atoms with Crippen LogP contribution in [0.15, 0.2) is 48.0 Å². The van der Waals surface area contributed by atoms with E-state index in [2.05, 4.69) is 51.4 Å². The standard InChI is InChI=1S/C20H29N5.HI/c1-2-22-20(24-19-6-4-3-5-7-19)23-14-17-8-10-18(11-9-17)15-25-13-12-21-16-25;/h8-13,16,19H,2-7,14-15H2,1H3,(H2,22,23,24);1H. The van der Waals surface area contributed by atoms with Gasteiger partial charge in [-0.15, -0.1) is 24.0 Å². The summed E-state index contributed by atoms with van der Waals surface area (Å²) in [7, 11) is 0. The number of aromatic nitrogens is 2. The van der Waals surface area contributed by atoms with Gasteiger partial charge in [-0.3, -0.25) is 0 Å². The van der Waals surface area contributed by atoms with Crippen molar-refractivity contribution in [3.8, 4) is 0 Å². The van der Waals surface area contributed by atoms with Crippen LogP contribution in [0.5, 0.6) is 0 Å². The molecule has 1 aromatic carbocycles. The Balaban J connectivity index is 0.00000243. The van der Waals surface area contributed by atoms with Crippen LogP contribution in [-0.4, -0.2) is 28.1 Å². The molecule has 142 valence electrons. The lowest BCUT2D eigenvalue weighted by atomic mass is 9.96. The lowest BCUT2D eigenvalue weighted by molar-refractivity contribution is 0.410. The second kappa shape index (κ2) is 11.2. The quantitative estimate of drug-likeness (QED) is 0.385. The van der Waals surface area contributed by atoms with Crippen LogP contribution in [0.4, 0.5) is 0 Å². The fourth-order valence-electron chi connectivity index (χ4n) is 3.27. The van der Waals surface area contributed by atoms with E-state index in [-0.39, 0.29) is 24.0 Å². The van der Waals surface area contributed by atoms with Gasteiger partial charge in [-0.05, 0) is 30.9 Å².